The second kappa shape index (κ2) is 4.39. The van der Waals surface area contributed by atoms with Crippen LogP contribution < -0.4 is 4.90 Å². The lowest BCUT2D eigenvalue weighted by atomic mass is 10.1. The Labute approximate surface area is 103 Å². The summed E-state index contributed by atoms with van der Waals surface area (Å²) in [5.74, 6) is 0.593. The minimum atomic E-state index is -0.00395. The Kier molecular flexibility index (Phi) is 3.12. The largest absolute Gasteiger partial charge is 0.296 e. The molecular formula is C10H9Cl2N3O. The third-order valence-corrected chi connectivity index (χ3v) is 2.78. The van der Waals surface area contributed by atoms with E-state index in [0.717, 1.165) is 0 Å². The van der Waals surface area contributed by atoms with E-state index in [9.17, 15) is 4.79 Å². The van der Waals surface area contributed by atoms with Crippen LogP contribution in [0.15, 0.2) is 18.7 Å². The molecule has 0 saturated carbocycles. The average molecular weight is 258 g/mol. The maximum absolute atomic E-state index is 11.7. The summed E-state index contributed by atoms with van der Waals surface area (Å²) in [4.78, 5) is 21.0. The molecule has 0 aliphatic carbocycles. The van der Waals surface area contributed by atoms with Gasteiger partial charge < -0.3 is 0 Å². The van der Waals surface area contributed by atoms with E-state index >= 15 is 0 Å². The van der Waals surface area contributed by atoms with E-state index in [2.05, 4.69) is 16.5 Å². The first-order valence-corrected chi connectivity index (χ1v) is 5.48. The van der Waals surface area contributed by atoms with E-state index in [-0.39, 0.29) is 22.3 Å². The summed E-state index contributed by atoms with van der Waals surface area (Å²) in [7, 11) is 0. The predicted molar refractivity (Wildman–Crippen MR) is 62.7 cm³/mol. The molecule has 16 heavy (non-hydrogen) atoms. The topological polar surface area (TPSA) is 46.1 Å². The molecule has 1 unspecified atom stereocenters. The van der Waals surface area contributed by atoms with Gasteiger partial charge in [0.1, 0.15) is 11.0 Å². The van der Waals surface area contributed by atoms with Crippen molar-refractivity contribution in [3.63, 3.8) is 0 Å². The van der Waals surface area contributed by atoms with Crippen LogP contribution in [-0.2, 0) is 4.79 Å². The Morgan fingerprint density at radius 2 is 2.25 bits per heavy atom. The maximum Gasteiger partial charge on any atom is 0.228 e. The Balaban J connectivity index is 2.30. The normalized spacial score (nSPS) is 20.2. The number of amides is 1. The molecule has 1 aromatic rings. The second-order valence-corrected chi connectivity index (χ2v) is 4.25. The molecule has 6 heteroatoms. The van der Waals surface area contributed by atoms with E-state index in [1.165, 1.54) is 6.07 Å². The third-order valence-electron chi connectivity index (χ3n) is 2.42. The molecule has 1 saturated heterocycles. The molecule has 2 heterocycles. The monoisotopic (exact) mass is 257 g/mol. The van der Waals surface area contributed by atoms with Crippen LogP contribution in [0.25, 0.3) is 0 Å². The van der Waals surface area contributed by atoms with Crippen molar-refractivity contribution in [2.75, 3.05) is 11.4 Å². The molecule has 0 radical (unpaired) electrons. The lowest BCUT2D eigenvalue weighted by molar-refractivity contribution is -0.117. The summed E-state index contributed by atoms with van der Waals surface area (Å²) in [5.41, 5.74) is 0. The molecule has 84 valence electrons. The minimum absolute atomic E-state index is 0.00395. The van der Waals surface area contributed by atoms with E-state index in [1.807, 2.05) is 0 Å². The molecule has 0 N–H and O–H groups in total. The molecule has 1 fully saturated rings. The number of rotatable bonds is 2. The van der Waals surface area contributed by atoms with Crippen molar-refractivity contribution in [3.8, 4) is 0 Å². The highest BCUT2D eigenvalue weighted by molar-refractivity contribution is 6.32. The van der Waals surface area contributed by atoms with Crippen molar-refractivity contribution < 1.29 is 4.79 Å². The number of hydrogen-bond acceptors (Lipinski definition) is 3. The Morgan fingerprint density at radius 3 is 2.81 bits per heavy atom. The van der Waals surface area contributed by atoms with Gasteiger partial charge in [-0.05, 0) is 11.6 Å². The molecule has 0 bridgehead atoms. The van der Waals surface area contributed by atoms with Gasteiger partial charge in [-0.2, -0.15) is 0 Å². The summed E-state index contributed by atoms with van der Waals surface area (Å²) in [6, 6.07) is 1.52. The van der Waals surface area contributed by atoms with Gasteiger partial charge in [0.25, 0.3) is 0 Å². The highest BCUT2D eigenvalue weighted by Gasteiger charge is 2.29. The maximum atomic E-state index is 11.7. The number of halogens is 2. The van der Waals surface area contributed by atoms with Crippen LogP contribution >= 0.6 is 23.2 Å². The quantitative estimate of drug-likeness (QED) is 0.464. The first kappa shape index (κ1) is 11.4. The summed E-state index contributed by atoms with van der Waals surface area (Å²) >= 11 is 11.4. The van der Waals surface area contributed by atoms with Gasteiger partial charge in [0.2, 0.25) is 11.2 Å². The molecule has 1 aliphatic rings. The van der Waals surface area contributed by atoms with E-state index in [1.54, 1.807) is 11.0 Å². The number of anilines is 1. The summed E-state index contributed by atoms with van der Waals surface area (Å²) in [6.07, 6.45) is 2.21. The summed E-state index contributed by atoms with van der Waals surface area (Å²) < 4.78 is 0. The van der Waals surface area contributed by atoms with Crippen molar-refractivity contribution >= 4 is 34.9 Å². The van der Waals surface area contributed by atoms with Crippen LogP contribution in [0, 0.1) is 5.92 Å². The lowest BCUT2D eigenvalue weighted by Gasteiger charge is -2.14. The molecule has 0 aromatic carbocycles. The minimum Gasteiger partial charge on any atom is -0.296 e. The number of carbonyl (C=O) groups is 1. The van der Waals surface area contributed by atoms with E-state index < -0.39 is 0 Å². The second-order valence-electron chi connectivity index (χ2n) is 3.52. The molecule has 0 spiro atoms. The fourth-order valence-corrected chi connectivity index (χ4v) is 2.03. The number of nitrogens with zero attached hydrogens (tertiary/aromatic N) is 3. The van der Waals surface area contributed by atoms with Gasteiger partial charge in [-0.3, -0.25) is 9.69 Å². The fourth-order valence-electron chi connectivity index (χ4n) is 1.63. The van der Waals surface area contributed by atoms with E-state index in [0.29, 0.717) is 18.8 Å². The van der Waals surface area contributed by atoms with Crippen LogP contribution in [0.1, 0.15) is 6.42 Å². The molecule has 4 nitrogen and oxygen atoms in total. The summed E-state index contributed by atoms with van der Waals surface area (Å²) in [5, 5.41) is 0.266. The van der Waals surface area contributed by atoms with Gasteiger partial charge in [-0.15, -0.1) is 6.58 Å². The number of hydrogen-bond donors (Lipinski definition) is 0. The van der Waals surface area contributed by atoms with Gasteiger partial charge >= 0.3 is 0 Å². The van der Waals surface area contributed by atoms with Crippen molar-refractivity contribution in [1.82, 2.24) is 9.97 Å². The zero-order valence-corrected chi connectivity index (χ0v) is 9.87. The van der Waals surface area contributed by atoms with Crippen molar-refractivity contribution in [2.24, 2.45) is 5.92 Å². The van der Waals surface area contributed by atoms with Gasteiger partial charge in [-0.25, -0.2) is 9.97 Å². The van der Waals surface area contributed by atoms with Crippen LogP contribution in [0.2, 0.25) is 10.4 Å². The number of carbonyl (C=O) groups excluding carboxylic acids is 1. The first-order chi connectivity index (χ1) is 7.60. The highest BCUT2D eigenvalue weighted by Crippen LogP contribution is 2.26. The fraction of sp³-hybridized carbons (Fsp3) is 0.300. The molecule has 1 aliphatic heterocycles. The zero-order valence-electron chi connectivity index (χ0n) is 8.36. The van der Waals surface area contributed by atoms with Crippen LogP contribution in [0.4, 0.5) is 5.82 Å². The first-order valence-electron chi connectivity index (χ1n) is 4.73. The highest BCUT2D eigenvalue weighted by atomic mass is 35.5. The zero-order chi connectivity index (χ0) is 11.7. The van der Waals surface area contributed by atoms with Crippen LogP contribution in [0.5, 0.6) is 0 Å². The molecule has 2 rings (SSSR count). The number of aromatic nitrogens is 2. The van der Waals surface area contributed by atoms with E-state index in [4.69, 9.17) is 23.2 Å². The molecule has 1 atom stereocenters. The lowest BCUT2D eigenvalue weighted by Crippen LogP contribution is -2.25. The molecular weight excluding hydrogens is 249 g/mol. The van der Waals surface area contributed by atoms with Crippen molar-refractivity contribution in [2.45, 2.75) is 6.42 Å². The summed E-state index contributed by atoms with van der Waals surface area (Å²) in [6.45, 7) is 4.24. The van der Waals surface area contributed by atoms with Crippen LogP contribution in [0.3, 0.4) is 0 Å². The predicted octanol–water partition coefficient (Wildman–Crippen LogP) is 2.32. The average Bonchev–Trinajstić information content (AvgIpc) is 2.58. The Morgan fingerprint density at radius 1 is 1.50 bits per heavy atom. The molecule has 1 amide bonds. The standard InChI is InChI=1S/C10H9Cl2N3O/c1-2-6-3-9(16)15(5-6)8-4-7(11)13-10(12)14-8/h2,4,6H,1,3,5H2. The van der Waals surface area contributed by atoms with Crippen LogP contribution in [-0.4, -0.2) is 22.4 Å². The Hall–Kier alpha value is -1.13. The van der Waals surface area contributed by atoms with Gasteiger partial charge in [-0.1, -0.05) is 17.7 Å². The Bertz CT molecular complexity index is 429. The SMILES string of the molecule is C=CC1CC(=O)N(c2cc(Cl)nc(Cl)n2)C1. The smallest absolute Gasteiger partial charge is 0.228 e. The van der Waals surface area contributed by atoms with Gasteiger partial charge in [0.15, 0.2) is 0 Å². The van der Waals surface area contributed by atoms with Crippen molar-refractivity contribution in [3.05, 3.63) is 29.2 Å². The molecule has 1 aromatic heterocycles. The van der Waals surface area contributed by atoms with Gasteiger partial charge in [0, 0.05) is 24.9 Å². The van der Waals surface area contributed by atoms with Crippen molar-refractivity contribution in [1.29, 1.82) is 0 Å². The van der Waals surface area contributed by atoms with Gasteiger partial charge in [0.05, 0.1) is 0 Å². The third kappa shape index (κ3) is 2.18.